The monoisotopic (exact) mass is 1070 g/mol. The van der Waals surface area contributed by atoms with Crippen LogP contribution in [0, 0.1) is 56.3 Å². The van der Waals surface area contributed by atoms with Crippen LogP contribution < -0.4 is 13.7 Å². The molecule has 81 heavy (non-hydrogen) atoms. The molecule has 0 saturated heterocycles. The summed E-state index contributed by atoms with van der Waals surface area (Å²) in [5.41, 5.74) is 22.7. The van der Waals surface area contributed by atoms with E-state index in [1.54, 1.807) is 0 Å². The maximum Gasteiger partial charge on any atom is 0.212 e. The van der Waals surface area contributed by atoms with E-state index in [0.29, 0.717) is 5.92 Å². The highest BCUT2D eigenvalue weighted by atomic mass is 14.9. The van der Waals surface area contributed by atoms with Gasteiger partial charge in [0.05, 0.1) is 0 Å². The fourth-order valence-electron chi connectivity index (χ4n) is 13.5. The molecule has 9 aromatic rings. The van der Waals surface area contributed by atoms with E-state index in [2.05, 4.69) is 265 Å². The molecule has 3 aromatic heterocycles. The lowest BCUT2D eigenvalue weighted by molar-refractivity contribution is -0.660. The summed E-state index contributed by atoms with van der Waals surface area (Å²) >= 11 is 0. The lowest BCUT2D eigenvalue weighted by Crippen LogP contribution is -2.30. The third kappa shape index (κ3) is 14.6. The fourth-order valence-corrected chi connectivity index (χ4v) is 13.5. The van der Waals surface area contributed by atoms with Crippen molar-refractivity contribution in [2.24, 2.45) is 56.7 Å². The molecular weight excluding hydrogens is 979 g/mol. The van der Waals surface area contributed by atoms with Crippen molar-refractivity contribution >= 4 is 0 Å². The molecule has 3 saturated carbocycles. The molecule has 6 atom stereocenters. The number of pyridine rings is 3. The number of hydrogen-bond donors (Lipinski definition) is 0. The summed E-state index contributed by atoms with van der Waals surface area (Å²) in [7, 11) is 6.37. The van der Waals surface area contributed by atoms with E-state index in [0.717, 1.165) is 59.6 Å². The summed E-state index contributed by atoms with van der Waals surface area (Å²) in [4.78, 5) is 0. The highest BCUT2D eigenvalue weighted by Crippen LogP contribution is 2.36. The standard InChI is InChI=1S/3C26H30N/c1-19-11-12-22(15-19)16-21-8-6-9-23(17-21)24-13-14-26(27(3)18-24)25-10-5-4-7-20(25)2;2*1-19-8-9-22(16-19)17-21-10-12-23(13-11-21)24-14-15-26(27(3)18-24)25-7-5-4-6-20(25)2/h4-10,13-14,17-19,22H,11-12,15-16H2,1-3H3;2*4-7,10-15,18-19,22H,8-9,16-17H2,1-3H3/q3*+1/i;17D2;. The number of aryl methyl sites for hydroxylation is 6. The number of aromatic nitrogens is 3. The molecule has 3 fully saturated rings. The molecule has 414 valence electrons. The number of rotatable bonds is 12. The minimum absolute atomic E-state index is 0.134. The van der Waals surface area contributed by atoms with Gasteiger partial charge in [-0.3, -0.25) is 0 Å². The van der Waals surface area contributed by atoms with Gasteiger partial charge in [-0.05, 0) is 200 Å². The zero-order valence-corrected chi connectivity index (χ0v) is 50.1. The predicted octanol–water partition coefficient (Wildman–Crippen LogP) is 18.4. The first-order chi connectivity index (χ1) is 40.1. The average Bonchev–Trinajstić information content (AvgIpc) is 4.43. The van der Waals surface area contributed by atoms with Crippen LogP contribution in [0.5, 0.6) is 0 Å². The van der Waals surface area contributed by atoms with Crippen LogP contribution in [-0.2, 0) is 40.4 Å². The van der Waals surface area contributed by atoms with Crippen LogP contribution in [0.25, 0.3) is 67.2 Å². The Balaban J connectivity index is 0.000000139. The molecule has 0 aliphatic heterocycles. The van der Waals surface area contributed by atoms with E-state index in [-0.39, 0.29) is 5.92 Å². The van der Waals surface area contributed by atoms with Gasteiger partial charge >= 0.3 is 0 Å². The van der Waals surface area contributed by atoms with Crippen molar-refractivity contribution in [2.45, 2.75) is 119 Å². The van der Waals surface area contributed by atoms with E-state index in [4.69, 9.17) is 2.74 Å². The van der Waals surface area contributed by atoms with Crippen molar-refractivity contribution < 1.29 is 16.4 Å². The van der Waals surface area contributed by atoms with Crippen LogP contribution in [0.3, 0.4) is 0 Å². The van der Waals surface area contributed by atoms with E-state index < -0.39 is 6.37 Å². The first kappa shape index (κ1) is 54.4. The van der Waals surface area contributed by atoms with Gasteiger partial charge < -0.3 is 0 Å². The van der Waals surface area contributed by atoms with E-state index in [9.17, 15) is 0 Å². The first-order valence-corrected chi connectivity index (χ1v) is 30.5. The van der Waals surface area contributed by atoms with Gasteiger partial charge in [-0.15, -0.1) is 0 Å². The van der Waals surface area contributed by atoms with Crippen LogP contribution in [-0.4, -0.2) is 0 Å². The van der Waals surface area contributed by atoms with Gasteiger partial charge in [-0.2, -0.15) is 0 Å². The molecule has 6 unspecified atom stereocenters. The maximum atomic E-state index is 8.67. The Hall–Kier alpha value is -7.23. The SMILES string of the molecule is Cc1ccccc1-c1ccc(-c2ccc(CC3CCC(C)C3)cc2)c[n+]1C.Cc1ccccc1-c1ccc(-c2cccc(CC3CCC(C)C3)c2)c[n+]1C.[2H]C([2H])(c1ccc(-c2ccc(-c3ccccc3C)[n+](C)c2)cc1)C1CCC(C)C1. The summed E-state index contributed by atoms with van der Waals surface area (Å²) in [6.45, 7) is 13.5. The first-order valence-electron chi connectivity index (χ1n) is 31.5. The minimum Gasteiger partial charge on any atom is -0.200 e. The largest absolute Gasteiger partial charge is 0.212 e. The quantitative estimate of drug-likeness (QED) is 0.108. The Morgan fingerprint density at radius 3 is 1.09 bits per heavy atom. The Bertz CT molecular complexity index is 3630. The van der Waals surface area contributed by atoms with Crippen molar-refractivity contribution in [3.05, 3.63) is 234 Å². The van der Waals surface area contributed by atoms with Crippen LogP contribution in [0.4, 0.5) is 0 Å². The van der Waals surface area contributed by atoms with Gasteiger partial charge in [0.1, 0.15) is 21.1 Å². The smallest absolute Gasteiger partial charge is 0.200 e. The molecule has 0 amide bonds. The zero-order chi connectivity index (χ0) is 58.2. The second kappa shape index (κ2) is 26.6. The van der Waals surface area contributed by atoms with Gasteiger partial charge in [-0.1, -0.05) is 167 Å². The average molecular weight is 1070 g/mol. The summed E-state index contributed by atoms with van der Waals surface area (Å²) in [6, 6.07) is 65.4. The van der Waals surface area contributed by atoms with Gasteiger partial charge in [-0.25, -0.2) is 13.7 Å². The van der Waals surface area contributed by atoms with Gasteiger partial charge in [0.2, 0.25) is 17.1 Å². The zero-order valence-electron chi connectivity index (χ0n) is 52.1. The van der Waals surface area contributed by atoms with Crippen molar-refractivity contribution in [1.29, 1.82) is 0 Å². The number of hydrogen-bond acceptors (Lipinski definition) is 0. The maximum absolute atomic E-state index is 8.67. The Labute approximate surface area is 490 Å². The number of benzene rings is 6. The van der Waals surface area contributed by atoms with Gasteiger partial charge in [0.25, 0.3) is 0 Å². The molecule has 3 heteroatoms. The molecule has 12 rings (SSSR count). The molecule has 6 aromatic carbocycles. The van der Waals surface area contributed by atoms with E-state index in [1.165, 1.54) is 135 Å². The summed E-state index contributed by atoms with van der Waals surface area (Å²) in [5.74, 6) is 4.36. The van der Waals surface area contributed by atoms with Crippen molar-refractivity contribution in [2.75, 3.05) is 0 Å². The lowest BCUT2D eigenvalue weighted by atomic mass is 9.94. The Morgan fingerprint density at radius 1 is 0.346 bits per heavy atom. The third-order valence-electron chi connectivity index (χ3n) is 18.2. The molecule has 0 radical (unpaired) electrons. The fraction of sp³-hybridized carbons (Fsp3) is 0.346. The lowest BCUT2D eigenvalue weighted by Gasteiger charge is -2.11. The number of nitrogens with zero attached hydrogens (tertiary/aromatic N) is 3. The second-order valence-electron chi connectivity index (χ2n) is 24.9. The normalized spacial score (nSPS) is 19.9. The summed E-state index contributed by atoms with van der Waals surface area (Å²) in [6.07, 6.45) is 19.4. The Kier molecular flexibility index (Phi) is 17.8. The molecule has 0 bridgehead atoms. The van der Waals surface area contributed by atoms with Crippen LogP contribution in [0.2, 0.25) is 0 Å². The summed E-state index contributed by atoms with van der Waals surface area (Å²) < 4.78 is 24.0. The summed E-state index contributed by atoms with van der Waals surface area (Å²) in [5, 5.41) is 0. The molecule has 0 spiro atoms. The van der Waals surface area contributed by atoms with Crippen LogP contribution in [0.15, 0.2) is 201 Å². The Morgan fingerprint density at radius 2 is 0.704 bits per heavy atom. The minimum atomic E-state index is -1.25. The van der Waals surface area contributed by atoms with Gasteiger partial charge in [0.15, 0.2) is 18.6 Å². The molecule has 3 heterocycles. The van der Waals surface area contributed by atoms with Crippen molar-refractivity contribution in [3.63, 3.8) is 0 Å². The van der Waals surface area contributed by atoms with Crippen LogP contribution >= 0.6 is 0 Å². The highest BCUT2D eigenvalue weighted by Gasteiger charge is 2.24. The van der Waals surface area contributed by atoms with Crippen molar-refractivity contribution in [1.82, 2.24) is 0 Å². The molecule has 3 aliphatic carbocycles. The van der Waals surface area contributed by atoms with E-state index >= 15 is 0 Å². The van der Waals surface area contributed by atoms with Gasteiger partial charge in [0, 0.05) is 54.3 Å². The topological polar surface area (TPSA) is 11.6 Å². The highest BCUT2D eigenvalue weighted by molar-refractivity contribution is 5.69. The van der Waals surface area contributed by atoms with Crippen molar-refractivity contribution in [3.8, 4) is 67.2 Å². The molecule has 3 aliphatic rings. The third-order valence-corrected chi connectivity index (χ3v) is 18.2. The van der Waals surface area contributed by atoms with Crippen LogP contribution in [0.1, 0.15) is 115 Å². The van der Waals surface area contributed by atoms with E-state index in [1.807, 2.05) is 12.1 Å². The molecular formula is C78H90N3+3. The molecule has 3 nitrogen and oxygen atoms in total. The second-order valence-corrected chi connectivity index (χ2v) is 24.9. The predicted molar refractivity (Wildman–Crippen MR) is 340 cm³/mol. The molecule has 0 N–H and O–H groups in total.